The standard InChI is InChI=1S/C16H19ClN2OS/c1-12(15-4-3-9-21-15)18-16(20)11-19(2)10-13-5-7-14(17)8-6-13/h3-9,12H,10-11H2,1-2H3,(H,18,20). The van der Waals surface area contributed by atoms with Crippen LogP contribution in [0.15, 0.2) is 41.8 Å². The van der Waals surface area contributed by atoms with E-state index in [9.17, 15) is 4.79 Å². The predicted molar refractivity (Wildman–Crippen MR) is 88.7 cm³/mol. The fraction of sp³-hybridized carbons (Fsp3) is 0.312. The molecule has 3 nitrogen and oxygen atoms in total. The first kappa shape index (κ1) is 16.0. The van der Waals surface area contributed by atoms with E-state index in [4.69, 9.17) is 11.6 Å². The molecule has 1 unspecified atom stereocenters. The lowest BCUT2D eigenvalue weighted by Gasteiger charge is -2.18. The van der Waals surface area contributed by atoms with Gasteiger partial charge in [-0.3, -0.25) is 9.69 Å². The summed E-state index contributed by atoms with van der Waals surface area (Å²) in [5.41, 5.74) is 1.14. The maximum Gasteiger partial charge on any atom is 0.234 e. The minimum atomic E-state index is 0.0346. The molecule has 0 bridgehead atoms. The van der Waals surface area contributed by atoms with Gasteiger partial charge in [0.05, 0.1) is 12.6 Å². The van der Waals surface area contributed by atoms with Gasteiger partial charge in [0.15, 0.2) is 0 Å². The fourth-order valence-electron chi connectivity index (χ4n) is 2.10. The van der Waals surface area contributed by atoms with Crippen molar-refractivity contribution >= 4 is 28.8 Å². The molecule has 0 fully saturated rings. The Morgan fingerprint density at radius 3 is 2.67 bits per heavy atom. The van der Waals surface area contributed by atoms with Crippen molar-refractivity contribution in [2.45, 2.75) is 19.5 Å². The van der Waals surface area contributed by atoms with E-state index >= 15 is 0 Å². The maximum absolute atomic E-state index is 12.0. The molecule has 1 aromatic carbocycles. The highest BCUT2D eigenvalue weighted by Gasteiger charge is 2.12. The third-order valence-electron chi connectivity index (χ3n) is 3.13. The highest BCUT2D eigenvalue weighted by Crippen LogP contribution is 2.18. The SMILES string of the molecule is CC(NC(=O)CN(C)Cc1ccc(Cl)cc1)c1cccs1. The largest absolute Gasteiger partial charge is 0.348 e. The molecule has 21 heavy (non-hydrogen) atoms. The number of thiophene rings is 1. The Morgan fingerprint density at radius 1 is 1.33 bits per heavy atom. The molecule has 0 aliphatic rings. The van der Waals surface area contributed by atoms with Crippen LogP contribution in [-0.4, -0.2) is 24.4 Å². The van der Waals surface area contributed by atoms with Crippen LogP contribution in [0.25, 0.3) is 0 Å². The molecule has 1 amide bonds. The van der Waals surface area contributed by atoms with Gasteiger partial charge >= 0.3 is 0 Å². The van der Waals surface area contributed by atoms with Gasteiger partial charge in [-0.2, -0.15) is 0 Å². The van der Waals surface area contributed by atoms with Gasteiger partial charge in [-0.25, -0.2) is 0 Å². The third-order valence-corrected chi connectivity index (χ3v) is 4.43. The van der Waals surface area contributed by atoms with Crippen LogP contribution in [0.1, 0.15) is 23.4 Å². The smallest absolute Gasteiger partial charge is 0.234 e. The molecule has 2 aromatic rings. The number of carbonyl (C=O) groups excluding carboxylic acids is 1. The zero-order valence-corrected chi connectivity index (χ0v) is 13.7. The summed E-state index contributed by atoms with van der Waals surface area (Å²) < 4.78 is 0. The molecule has 0 saturated heterocycles. The normalized spacial score (nSPS) is 12.4. The number of halogens is 1. The molecule has 1 aromatic heterocycles. The van der Waals surface area contributed by atoms with E-state index in [1.165, 1.54) is 4.88 Å². The maximum atomic E-state index is 12.0. The Morgan fingerprint density at radius 2 is 2.05 bits per heavy atom. The van der Waals surface area contributed by atoms with Gasteiger partial charge in [-0.05, 0) is 43.1 Å². The summed E-state index contributed by atoms with van der Waals surface area (Å²) in [7, 11) is 1.93. The molecule has 0 aliphatic carbocycles. The van der Waals surface area contributed by atoms with Crippen molar-refractivity contribution in [3.05, 3.63) is 57.2 Å². The summed E-state index contributed by atoms with van der Waals surface area (Å²) in [4.78, 5) is 15.2. The summed E-state index contributed by atoms with van der Waals surface area (Å²) in [6, 6.07) is 11.8. The molecule has 0 saturated carbocycles. The van der Waals surface area contributed by atoms with E-state index in [1.54, 1.807) is 11.3 Å². The second-order valence-electron chi connectivity index (χ2n) is 5.10. The Hall–Kier alpha value is -1.36. The Bertz CT molecular complexity index is 568. The molecule has 112 valence electrons. The number of hydrogen-bond donors (Lipinski definition) is 1. The molecule has 1 N–H and O–H groups in total. The summed E-state index contributed by atoms with van der Waals surface area (Å²) >= 11 is 7.52. The van der Waals surface area contributed by atoms with Crippen LogP contribution < -0.4 is 5.32 Å². The lowest BCUT2D eigenvalue weighted by molar-refractivity contribution is -0.122. The van der Waals surface area contributed by atoms with Crippen LogP contribution in [0.2, 0.25) is 5.02 Å². The van der Waals surface area contributed by atoms with E-state index in [0.29, 0.717) is 6.54 Å². The van der Waals surface area contributed by atoms with Gasteiger partial charge in [-0.1, -0.05) is 29.8 Å². The lowest BCUT2D eigenvalue weighted by Crippen LogP contribution is -2.36. The van der Waals surface area contributed by atoms with E-state index < -0.39 is 0 Å². The van der Waals surface area contributed by atoms with Gasteiger partial charge < -0.3 is 5.32 Å². The zero-order valence-electron chi connectivity index (χ0n) is 12.2. The second-order valence-corrected chi connectivity index (χ2v) is 6.52. The quantitative estimate of drug-likeness (QED) is 0.879. The minimum absolute atomic E-state index is 0.0346. The van der Waals surface area contributed by atoms with Crippen molar-refractivity contribution in [3.8, 4) is 0 Å². The molecule has 1 heterocycles. The summed E-state index contributed by atoms with van der Waals surface area (Å²) in [5, 5.41) is 5.76. The van der Waals surface area contributed by atoms with Crippen LogP contribution in [0.4, 0.5) is 0 Å². The molecule has 5 heteroatoms. The van der Waals surface area contributed by atoms with Gasteiger partial charge in [0.25, 0.3) is 0 Å². The zero-order chi connectivity index (χ0) is 15.2. The predicted octanol–water partition coefficient (Wildman–Crippen LogP) is 3.71. The minimum Gasteiger partial charge on any atom is -0.348 e. The van der Waals surface area contributed by atoms with Gasteiger partial charge in [0.1, 0.15) is 0 Å². The summed E-state index contributed by atoms with van der Waals surface area (Å²) in [5.74, 6) is 0.0346. The van der Waals surface area contributed by atoms with E-state index in [-0.39, 0.29) is 11.9 Å². The first-order valence-corrected chi connectivity index (χ1v) is 8.06. The topological polar surface area (TPSA) is 32.3 Å². The average molecular weight is 323 g/mol. The van der Waals surface area contributed by atoms with Crippen LogP contribution in [0, 0.1) is 0 Å². The third kappa shape index (κ3) is 5.16. The van der Waals surface area contributed by atoms with Crippen molar-refractivity contribution in [1.29, 1.82) is 0 Å². The van der Waals surface area contributed by atoms with Crippen molar-refractivity contribution in [2.75, 3.05) is 13.6 Å². The van der Waals surface area contributed by atoms with Crippen LogP contribution in [0.5, 0.6) is 0 Å². The number of carbonyl (C=O) groups is 1. The van der Waals surface area contributed by atoms with E-state index in [1.807, 2.05) is 60.6 Å². The number of benzene rings is 1. The molecular formula is C16H19ClN2OS. The first-order chi connectivity index (χ1) is 10.0. The Balaban J connectivity index is 1.80. The van der Waals surface area contributed by atoms with Crippen molar-refractivity contribution in [3.63, 3.8) is 0 Å². The lowest BCUT2D eigenvalue weighted by atomic mass is 10.2. The molecule has 2 rings (SSSR count). The fourth-order valence-corrected chi connectivity index (χ4v) is 2.96. The molecular weight excluding hydrogens is 304 g/mol. The highest BCUT2D eigenvalue weighted by molar-refractivity contribution is 7.10. The van der Waals surface area contributed by atoms with E-state index in [0.717, 1.165) is 17.1 Å². The molecule has 0 aliphatic heterocycles. The number of nitrogens with one attached hydrogen (secondary N) is 1. The van der Waals surface area contributed by atoms with Crippen LogP contribution in [0.3, 0.4) is 0 Å². The summed E-state index contributed by atoms with van der Waals surface area (Å²) in [6.45, 7) is 3.10. The molecule has 1 atom stereocenters. The van der Waals surface area contributed by atoms with Gasteiger partial charge in [0.2, 0.25) is 5.91 Å². The number of amides is 1. The van der Waals surface area contributed by atoms with Crippen LogP contribution >= 0.6 is 22.9 Å². The number of hydrogen-bond acceptors (Lipinski definition) is 3. The number of likely N-dealkylation sites (N-methyl/N-ethyl adjacent to an activating group) is 1. The van der Waals surface area contributed by atoms with Gasteiger partial charge in [0, 0.05) is 16.4 Å². The highest BCUT2D eigenvalue weighted by atomic mass is 35.5. The monoisotopic (exact) mass is 322 g/mol. The Kier molecular flexibility index (Phi) is 5.79. The van der Waals surface area contributed by atoms with Gasteiger partial charge in [-0.15, -0.1) is 11.3 Å². The van der Waals surface area contributed by atoms with Crippen molar-refractivity contribution in [1.82, 2.24) is 10.2 Å². The number of nitrogens with zero attached hydrogens (tertiary/aromatic N) is 1. The Labute approximate surface area is 134 Å². The van der Waals surface area contributed by atoms with E-state index in [2.05, 4.69) is 5.32 Å². The first-order valence-electron chi connectivity index (χ1n) is 6.80. The van der Waals surface area contributed by atoms with Crippen molar-refractivity contribution in [2.24, 2.45) is 0 Å². The second kappa shape index (κ2) is 7.59. The van der Waals surface area contributed by atoms with Crippen molar-refractivity contribution < 1.29 is 4.79 Å². The average Bonchev–Trinajstić information content (AvgIpc) is 2.95. The molecule has 0 spiro atoms. The number of rotatable bonds is 6. The van der Waals surface area contributed by atoms with Crippen LogP contribution in [-0.2, 0) is 11.3 Å². The summed E-state index contributed by atoms with van der Waals surface area (Å²) in [6.07, 6.45) is 0. The molecule has 0 radical (unpaired) electrons.